The number of rotatable bonds is 6. The Morgan fingerprint density at radius 3 is 2.47 bits per heavy atom. The van der Waals surface area contributed by atoms with E-state index in [2.05, 4.69) is 57.2 Å². The summed E-state index contributed by atoms with van der Waals surface area (Å²) in [5, 5.41) is 7.14. The number of aromatic nitrogens is 2. The maximum Gasteiger partial charge on any atom is 0.227 e. The van der Waals surface area contributed by atoms with E-state index < -0.39 is 0 Å². The third kappa shape index (κ3) is 5.06. The largest absolute Gasteiger partial charge is 0.368 e. The number of hydrogen-bond acceptors (Lipinski definition) is 6. The van der Waals surface area contributed by atoms with Crippen molar-refractivity contribution in [2.75, 3.05) is 48.8 Å². The number of carbonyl (C=O) groups is 1. The number of benzene rings is 3. The molecule has 2 heterocycles. The molecule has 1 fully saturated rings. The smallest absolute Gasteiger partial charge is 0.227 e. The fraction of sp³-hybridized carbons (Fsp3) is 0.207. The van der Waals surface area contributed by atoms with Crippen molar-refractivity contribution in [1.82, 2.24) is 14.9 Å². The molecule has 0 atom stereocenters. The molecule has 1 aliphatic rings. The summed E-state index contributed by atoms with van der Waals surface area (Å²) in [5.74, 6) is 0.444. The number of fused-ring (bicyclic) bond motifs is 1. The number of para-hydroxylation sites is 1. The van der Waals surface area contributed by atoms with Gasteiger partial charge in [0.15, 0.2) is 0 Å². The van der Waals surface area contributed by atoms with Gasteiger partial charge in [-0.05, 0) is 48.5 Å². The number of nitrogens with one attached hydrogen (secondary N) is 2. The molecule has 0 spiro atoms. The topological polar surface area (TPSA) is 73.4 Å². The summed E-state index contributed by atoms with van der Waals surface area (Å²) in [7, 11) is 2.16. The lowest BCUT2D eigenvalue weighted by Gasteiger charge is -2.35. The summed E-state index contributed by atoms with van der Waals surface area (Å²) < 4.78 is 0. The highest BCUT2D eigenvalue weighted by Gasteiger charge is 2.17. The summed E-state index contributed by atoms with van der Waals surface area (Å²) in [6.45, 7) is 9.66. The summed E-state index contributed by atoms with van der Waals surface area (Å²) in [4.78, 5) is 25.5. The molecule has 0 saturated carbocycles. The molecule has 7 nitrogen and oxygen atoms in total. The van der Waals surface area contributed by atoms with E-state index in [0.29, 0.717) is 5.95 Å². The van der Waals surface area contributed by atoms with Crippen LogP contribution in [0.1, 0.15) is 12.5 Å². The molecule has 4 aromatic rings. The van der Waals surface area contributed by atoms with Crippen molar-refractivity contribution in [3.63, 3.8) is 0 Å². The van der Waals surface area contributed by atoms with E-state index in [4.69, 9.17) is 4.98 Å². The van der Waals surface area contributed by atoms with Gasteiger partial charge in [0.2, 0.25) is 11.9 Å². The first kappa shape index (κ1) is 23.5. The van der Waals surface area contributed by atoms with Crippen molar-refractivity contribution in [2.45, 2.75) is 6.92 Å². The SMILES string of the molecule is C=Cc1cc(Nc2ncc3cccc(-c4ccc(NC(C)=O)cc4)c3n2)ccc1N1CCN(C)CC1. The van der Waals surface area contributed by atoms with Crippen molar-refractivity contribution < 1.29 is 4.79 Å². The molecular formula is C29H30N6O. The van der Waals surface area contributed by atoms with Crippen LogP contribution in [0.2, 0.25) is 0 Å². The molecular weight excluding hydrogens is 448 g/mol. The number of nitrogens with zero attached hydrogens (tertiary/aromatic N) is 4. The van der Waals surface area contributed by atoms with Crippen LogP contribution >= 0.6 is 0 Å². The molecule has 2 N–H and O–H groups in total. The molecule has 5 rings (SSSR count). The van der Waals surface area contributed by atoms with E-state index in [-0.39, 0.29) is 5.91 Å². The van der Waals surface area contributed by atoms with Gasteiger partial charge in [-0.3, -0.25) is 4.79 Å². The fourth-order valence-electron chi connectivity index (χ4n) is 4.55. The molecule has 0 unspecified atom stereocenters. The lowest BCUT2D eigenvalue weighted by atomic mass is 10.0. The Morgan fingerprint density at radius 2 is 1.75 bits per heavy atom. The van der Waals surface area contributed by atoms with Gasteiger partial charge in [0.1, 0.15) is 0 Å². The highest BCUT2D eigenvalue weighted by Crippen LogP contribution is 2.30. The lowest BCUT2D eigenvalue weighted by molar-refractivity contribution is -0.114. The highest BCUT2D eigenvalue weighted by atomic mass is 16.1. The Kier molecular flexibility index (Phi) is 6.64. The first-order valence-corrected chi connectivity index (χ1v) is 12.1. The van der Waals surface area contributed by atoms with Crippen LogP contribution in [0, 0.1) is 0 Å². The summed E-state index contributed by atoms with van der Waals surface area (Å²) in [6.07, 6.45) is 3.75. The number of anilines is 4. The fourth-order valence-corrected chi connectivity index (χ4v) is 4.55. The summed E-state index contributed by atoms with van der Waals surface area (Å²) in [5.41, 5.74) is 6.86. The number of amides is 1. The molecule has 1 saturated heterocycles. The Morgan fingerprint density at radius 1 is 1.00 bits per heavy atom. The first-order valence-electron chi connectivity index (χ1n) is 12.1. The molecule has 0 radical (unpaired) electrons. The van der Waals surface area contributed by atoms with Gasteiger partial charge in [-0.1, -0.05) is 43.0 Å². The average molecular weight is 479 g/mol. The van der Waals surface area contributed by atoms with Gasteiger partial charge in [-0.2, -0.15) is 0 Å². The predicted molar refractivity (Wildman–Crippen MR) is 149 cm³/mol. The lowest BCUT2D eigenvalue weighted by Crippen LogP contribution is -2.44. The maximum absolute atomic E-state index is 11.3. The molecule has 3 aromatic carbocycles. The third-order valence-electron chi connectivity index (χ3n) is 6.47. The molecule has 1 aliphatic heterocycles. The molecule has 7 heteroatoms. The van der Waals surface area contributed by atoms with Crippen LogP contribution in [0.15, 0.2) is 73.4 Å². The Balaban J connectivity index is 1.42. The van der Waals surface area contributed by atoms with E-state index >= 15 is 0 Å². The van der Waals surface area contributed by atoms with Crippen LogP contribution in [-0.4, -0.2) is 54.0 Å². The van der Waals surface area contributed by atoms with Gasteiger partial charge in [-0.25, -0.2) is 9.97 Å². The van der Waals surface area contributed by atoms with Crippen LogP contribution in [0.25, 0.3) is 28.1 Å². The van der Waals surface area contributed by atoms with Crippen LogP contribution in [-0.2, 0) is 4.79 Å². The van der Waals surface area contributed by atoms with Gasteiger partial charge in [0, 0.05) is 67.3 Å². The van der Waals surface area contributed by atoms with Gasteiger partial charge in [-0.15, -0.1) is 0 Å². The zero-order chi connectivity index (χ0) is 25.1. The number of carbonyl (C=O) groups excluding carboxylic acids is 1. The Labute approximate surface area is 211 Å². The monoisotopic (exact) mass is 478 g/mol. The molecule has 36 heavy (non-hydrogen) atoms. The number of likely N-dealkylation sites (N-methyl/N-ethyl adjacent to an activating group) is 1. The Bertz CT molecular complexity index is 1410. The van der Waals surface area contributed by atoms with Crippen LogP contribution in [0.4, 0.5) is 23.0 Å². The normalized spacial score (nSPS) is 14.0. The predicted octanol–water partition coefficient (Wildman–Crippen LogP) is 5.39. The molecule has 0 bridgehead atoms. The number of piperazine rings is 1. The second-order valence-electron chi connectivity index (χ2n) is 9.09. The van der Waals surface area contributed by atoms with Gasteiger partial charge >= 0.3 is 0 Å². The Hall–Kier alpha value is -4.23. The minimum Gasteiger partial charge on any atom is -0.368 e. The van der Waals surface area contributed by atoms with Gasteiger partial charge < -0.3 is 20.4 Å². The molecule has 182 valence electrons. The van der Waals surface area contributed by atoms with Crippen molar-refractivity contribution in [3.05, 3.63) is 79.0 Å². The van der Waals surface area contributed by atoms with Crippen molar-refractivity contribution in [3.8, 4) is 11.1 Å². The first-order chi connectivity index (χ1) is 17.5. The van der Waals surface area contributed by atoms with Crippen molar-refractivity contribution in [1.29, 1.82) is 0 Å². The van der Waals surface area contributed by atoms with E-state index in [1.54, 1.807) is 0 Å². The van der Waals surface area contributed by atoms with Gasteiger partial charge in [0.25, 0.3) is 0 Å². The second kappa shape index (κ2) is 10.2. The zero-order valence-corrected chi connectivity index (χ0v) is 20.7. The maximum atomic E-state index is 11.3. The average Bonchev–Trinajstić information content (AvgIpc) is 2.89. The zero-order valence-electron chi connectivity index (χ0n) is 20.7. The third-order valence-corrected chi connectivity index (χ3v) is 6.47. The van der Waals surface area contributed by atoms with Crippen LogP contribution in [0.3, 0.4) is 0 Å². The van der Waals surface area contributed by atoms with Gasteiger partial charge in [0.05, 0.1) is 5.52 Å². The molecule has 0 aliphatic carbocycles. The second-order valence-corrected chi connectivity index (χ2v) is 9.09. The van der Waals surface area contributed by atoms with E-state index in [1.807, 2.05) is 54.7 Å². The highest BCUT2D eigenvalue weighted by molar-refractivity contribution is 5.95. The standard InChI is InChI=1S/C29H30N6O/c1-4-21-18-25(12-13-27(21)35-16-14-34(3)15-17-35)32-29-30-19-23-6-5-7-26(28(23)33-29)22-8-10-24(11-9-22)31-20(2)36/h4-13,18-19H,1,14-17H2,2-3H3,(H,31,36)(H,30,32,33). The molecule has 1 amide bonds. The minimum atomic E-state index is -0.0902. The number of hydrogen-bond donors (Lipinski definition) is 2. The molecule has 1 aromatic heterocycles. The summed E-state index contributed by atoms with van der Waals surface area (Å²) >= 11 is 0. The van der Waals surface area contributed by atoms with E-state index in [9.17, 15) is 4.79 Å². The quantitative estimate of drug-likeness (QED) is 0.387. The van der Waals surface area contributed by atoms with E-state index in [0.717, 1.165) is 65.1 Å². The van der Waals surface area contributed by atoms with E-state index in [1.165, 1.54) is 12.6 Å². The summed E-state index contributed by atoms with van der Waals surface area (Å²) in [6, 6.07) is 20.1. The van der Waals surface area contributed by atoms with Crippen molar-refractivity contribution in [2.24, 2.45) is 0 Å². The minimum absolute atomic E-state index is 0.0902. The van der Waals surface area contributed by atoms with Crippen molar-refractivity contribution >= 4 is 45.9 Å². The van der Waals surface area contributed by atoms with Crippen LogP contribution in [0.5, 0.6) is 0 Å². The van der Waals surface area contributed by atoms with Crippen LogP contribution < -0.4 is 15.5 Å².